The van der Waals surface area contributed by atoms with E-state index >= 15 is 0 Å². The Morgan fingerprint density at radius 1 is 1.35 bits per heavy atom. The van der Waals surface area contributed by atoms with Crippen LogP contribution in [0, 0.1) is 11.8 Å². The lowest BCUT2D eigenvalue weighted by molar-refractivity contribution is 0.300. The molecule has 1 saturated carbocycles. The van der Waals surface area contributed by atoms with Crippen molar-refractivity contribution in [2.75, 3.05) is 20.1 Å². The summed E-state index contributed by atoms with van der Waals surface area (Å²) >= 11 is 0. The van der Waals surface area contributed by atoms with Crippen molar-refractivity contribution in [2.24, 2.45) is 11.8 Å². The summed E-state index contributed by atoms with van der Waals surface area (Å²) < 4.78 is 5.52. The van der Waals surface area contributed by atoms with Crippen molar-refractivity contribution in [1.82, 2.24) is 10.2 Å². The fourth-order valence-corrected chi connectivity index (χ4v) is 3.53. The maximum absolute atomic E-state index is 5.52. The van der Waals surface area contributed by atoms with E-state index in [1.807, 2.05) is 13.3 Å². The Labute approximate surface area is 103 Å². The molecule has 1 aliphatic heterocycles. The molecule has 3 heteroatoms. The maximum atomic E-state index is 5.52. The number of likely N-dealkylation sites (tertiary alicyclic amines) is 1. The van der Waals surface area contributed by atoms with Crippen LogP contribution in [0.5, 0.6) is 0 Å². The van der Waals surface area contributed by atoms with E-state index in [0.717, 1.165) is 30.7 Å². The van der Waals surface area contributed by atoms with Crippen molar-refractivity contribution < 1.29 is 4.42 Å². The molecule has 17 heavy (non-hydrogen) atoms. The van der Waals surface area contributed by atoms with Gasteiger partial charge in [0.15, 0.2) is 0 Å². The number of hydrogen-bond donors (Lipinski definition) is 1. The summed E-state index contributed by atoms with van der Waals surface area (Å²) in [6.07, 6.45) is 6.19. The molecule has 94 valence electrons. The van der Waals surface area contributed by atoms with Crippen molar-refractivity contribution in [3.05, 3.63) is 23.7 Å². The van der Waals surface area contributed by atoms with Crippen LogP contribution in [-0.2, 0) is 13.1 Å². The fourth-order valence-electron chi connectivity index (χ4n) is 3.53. The van der Waals surface area contributed by atoms with Crippen LogP contribution in [0.15, 0.2) is 16.7 Å². The van der Waals surface area contributed by atoms with E-state index < -0.39 is 0 Å². The molecule has 0 aromatic carbocycles. The molecule has 1 aromatic heterocycles. The van der Waals surface area contributed by atoms with Crippen molar-refractivity contribution in [1.29, 1.82) is 0 Å². The summed E-state index contributed by atoms with van der Waals surface area (Å²) in [7, 11) is 1.96. The molecule has 1 N–H and O–H groups in total. The van der Waals surface area contributed by atoms with E-state index in [1.165, 1.54) is 37.9 Å². The van der Waals surface area contributed by atoms with Crippen LogP contribution in [0.25, 0.3) is 0 Å². The lowest BCUT2D eigenvalue weighted by atomic mass is 10.0. The highest BCUT2D eigenvalue weighted by Crippen LogP contribution is 2.38. The fraction of sp³-hybridized carbons (Fsp3) is 0.714. The van der Waals surface area contributed by atoms with Crippen molar-refractivity contribution in [2.45, 2.75) is 32.4 Å². The van der Waals surface area contributed by atoms with Crippen molar-refractivity contribution in [3.8, 4) is 0 Å². The van der Waals surface area contributed by atoms with Crippen LogP contribution in [0.3, 0.4) is 0 Å². The average Bonchev–Trinajstić information content (AvgIpc) is 2.95. The second-order valence-corrected chi connectivity index (χ2v) is 5.54. The number of nitrogens with zero attached hydrogens (tertiary/aromatic N) is 1. The minimum absolute atomic E-state index is 0.836. The molecule has 0 spiro atoms. The Kier molecular flexibility index (Phi) is 3.21. The smallest absolute Gasteiger partial charge is 0.122 e. The molecule has 0 bridgehead atoms. The van der Waals surface area contributed by atoms with Gasteiger partial charge in [0.25, 0.3) is 0 Å². The summed E-state index contributed by atoms with van der Waals surface area (Å²) in [6, 6.07) is 2.13. The largest absolute Gasteiger partial charge is 0.468 e. The van der Waals surface area contributed by atoms with Crippen molar-refractivity contribution in [3.63, 3.8) is 0 Å². The quantitative estimate of drug-likeness (QED) is 0.866. The van der Waals surface area contributed by atoms with Gasteiger partial charge in [0.05, 0.1) is 12.8 Å². The van der Waals surface area contributed by atoms with Gasteiger partial charge in [-0.3, -0.25) is 4.90 Å². The van der Waals surface area contributed by atoms with Gasteiger partial charge in [-0.15, -0.1) is 0 Å². The number of furan rings is 1. The second kappa shape index (κ2) is 4.83. The molecule has 2 atom stereocenters. The van der Waals surface area contributed by atoms with E-state index in [0.29, 0.717) is 0 Å². The van der Waals surface area contributed by atoms with Crippen LogP contribution >= 0.6 is 0 Å². The molecule has 2 heterocycles. The maximum Gasteiger partial charge on any atom is 0.122 e. The van der Waals surface area contributed by atoms with Gasteiger partial charge in [-0.2, -0.15) is 0 Å². The lowest BCUT2D eigenvalue weighted by Crippen LogP contribution is -2.22. The van der Waals surface area contributed by atoms with E-state index in [2.05, 4.69) is 16.3 Å². The zero-order valence-electron chi connectivity index (χ0n) is 10.6. The first-order chi connectivity index (χ1) is 8.36. The molecule has 0 radical (unpaired) electrons. The Morgan fingerprint density at radius 3 is 2.82 bits per heavy atom. The summed E-state index contributed by atoms with van der Waals surface area (Å²) in [5.41, 5.74) is 1.36. The third kappa shape index (κ3) is 2.26. The number of nitrogens with one attached hydrogen (secondary N) is 1. The van der Waals surface area contributed by atoms with Gasteiger partial charge >= 0.3 is 0 Å². The zero-order valence-corrected chi connectivity index (χ0v) is 10.6. The monoisotopic (exact) mass is 234 g/mol. The first-order valence-corrected chi connectivity index (χ1v) is 6.79. The average molecular weight is 234 g/mol. The van der Waals surface area contributed by atoms with Gasteiger partial charge < -0.3 is 9.73 Å². The number of hydrogen-bond acceptors (Lipinski definition) is 3. The van der Waals surface area contributed by atoms with Gasteiger partial charge in [0.1, 0.15) is 5.76 Å². The van der Waals surface area contributed by atoms with Crippen LogP contribution < -0.4 is 5.32 Å². The Balaban J connectivity index is 1.61. The summed E-state index contributed by atoms with van der Waals surface area (Å²) in [4.78, 5) is 2.61. The standard InChI is InChI=1S/C14H22N2O/c1-15-7-14-13(5-6-17-14)10-16-8-11-3-2-4-12(11)9-16/h5-6,11-12,15H,2-4,7-10H2,1H3. The molecule has 1 aromatic rings. The van der Waals surface area contributed by atoms with E-state index in [9.17, 15) is 0 Å². The second-order valence-electron chi connectivity index (χ2n) is 5.54. The predicted octanol–water partition coefficient (Wildman–Crippen LogP) is 2.23. The highest BCUT2D eigenvalue weighted by atomic mass is 16.3. The van der Waals surface area contributed by atoms with Crippen LogP contribution in [0.2, 0.25) is 0 Å². The third-order valence-electron chi connectivity index (χ3n) is 4.37. The van der Waals surface area contributed by atoms with E-state index in [1.54, 1.807) is 0 Å². The first kappa shape index (κ1) is 11.3. The van der Waals surface area contributed by atoms with E-state index in [4.69, 9.17) is 4.42 Å². The van der Waals surface area contributed by atoms with Gasteiger partial charge in [0, 0.05) is 25.2 Å². The normalized spacial score (nSPS) is 28.8. The van der Waals surface area contributed by atoms with E-state index in [-0.39, 0.29) is 0 Å². The number of fused-ring (bicyclic) bond motifs is 1. The summed E-state index contributed by atoms with van der Waals surface area (Å²) in [6.45, 7) is 4.51. The van der Waals surface area contributed by atoms with Crippen LogP contribution in [0.1, 0.15) is 30.6 Å². The molecule has 1 saturated heterocycles. The molecular formula is C14H22N2O. The topological polar surface area (TPSA) is 28.4 Å². The summed E-state index contributed by atoms with van der Waals surface area (Å²) in [5, 5.41) is 3.16. The Morgan fingerprint density at radius 2 is 2.12 bits per heavy atom. The van der Waals surface area contributed by atoms with Gasteiger partial charge in [-0.1, -0.05) is 6.42 Å². The van der Waals surface area contributed by atoms with Crippen LogP contribution in [0.4, 0.5) is 0 Å². The third-order valence-corrected chi connectivity index (χ3v) is 4.37. The zero-order chi connectivity index (χ0) is 11.7. The lowest BCUT2D eigenvalue weighted by Gasteiger charge is -2.16. The SMILES string of the molecule is CNCc1occc1CN1CC2CCCC2C1. The molecule has 2 aliphatic rings. The minimum Gasteiger partial charge on any atom is -0.468 e. The summed E-state index contributed by atoms with van der Waals surface area (Å²) in [5.74, 6) is 3.06. The molecule has 2 unspecified atom stereocenters. The van der Waals surface area contributed by atoms with Gasteiger partial charge in [0.2, 0.25) is 0 Å². The van der Waals surface area contributed by atoms with Crippen molar-refractivity contribution >= 4 is 0 Å². The highest BCUT2D eigenvalue weighted by Gasteiger charge is 2.35. The highest BCUT2D eigenvalue weighted by molar-refractivity contribution is 5.17. The molecular weight excluding hydrogens is 212 g/mol. The van der Waals surface area contributed by atoms with Crippen LogP contribution in [-0.4, -0.2) is 25.0 Å². The molecule has 3 rings (SSSR count). The molecule has 0 amide bonds. The number of rotatable bonds is 4. The predicted molar refractivity (Wildman–Crippen MR) is 67.6 cm³/mol. The molecule has 1 aliphatic carbocycles. The molecule has 2 fully saturated rings. The minimum atomic E-state index is 0.836. The van der Waals surface area contributed by atoms with Gasteiger partial charge in [-0.25, -0.2) is 0 Å². The molecule has 3 nitrogen and oxygen atoms in total. The Bertz CT molecular complexity index is 362. The first-order valence-electron chi connectivity index (χ1n) is 6.79. The van der Waals surface area contributed by atoms with Gasteiger partial charge in [-0.05, 0) is 37.8 Å². The Hall–Kier alpha value is -0.800.